The lowest BCUT2D eigenvalue weighted by Gasteiger charge is -2.23. The van der Waals surface area contributed by atoms with Crippen LogP contribution in [0.15, 0.2) is 24.3 Å². The number of hydrogen-bond donors (Lipinski definition) is 2. The van der Waals surface area contributed by atoms with E-state index in [0.29, 0.717) is 5.41 Å². The molecular formula is C13H21IN2. The van der Waals surface area contributed by atoms with E-state index in [4.69, 9.17) is 5.84 Å². The first kappa shape index (κ1) is 13.9. The zero-order valence-electron chi connectivity index (χ0n) is 10.3. The van der Waals surface area contributed by atoms with Crippen LogP contribution >= 0.6 is 22.6 Å². The highest BCUT2D eigenvalue weighted by atomic mass is 127. The van der Waals surface area contributed by atoms with Gasteiger partial charge in [0, 0.05) is 9.61 Å². The van der Waals surface area contributed by atoms with Crippen molar-refractivity contribution in [2.24, 2.45) is 11.3 Å². The van der Waals surface area contributed by atoms with Crippen molar-refractivity contribution < 1.29 is 0 Å². The van der Waals surface area contributed by atoms with Crippen LogP contribution in [0.1, 0.15) is 45.2 Å². The summed E-state index contributed by atoms with van der Waals surface area (Å²) in [5.74, 6) is 5.62. The molecule has 0 radical (unpaired) electrons. The van der Waals surface area contributed by atoms with Crippen molar-refractivity contribution in [3.63, 3.8) is 0 Å². The molecule has 0 bridgehead atoms. The van der Waals surface area contributed by atoms with Crippen LogP contribution < -0.4 is 11.3 Å². The molecule has 0 fully saturated rings. The first-order valence-corrected chi connectivity index (χ1v) is 6.72. The molecule has 90 valence electrons. The fourth-order valence-corrected chi connectivity index (χ4v) is 1.98. The molecule has 3 heteroatoms. The second-order valence-electron chi connectivity index (χ2n) is 5.37. The topological polar surface area (TPSA) is 38.0 Å². The second-order valence-corrected chi connectivity index (χ2v) is 6.62. The lowest BCUT2D eigenvalue weighted by Crippen LogP contribution is -2.28. The Balaban J connectivity index is 2.64. The van der Waals surface area contributed by atoms with Gasteiger partial charge < -0.3 is 0 Å². The minimum absolute atomic E-state index is 0.260. The van der Waals surface area contributed by atoms with Crippen LogP contribution in [0, 0.1) is 8.99 Å². The van der Waals surface area contributed by atoms with Gasteiger partial charge in [-0.1, -0.05) is 32.9 Å². The minimum Gasteiger partial charge on any atom is -0.271 e. The Kier molecular flexibility index (Phi) is 5.21. The zero-order valence-corrected chi connectivity index (χ0v) is 12.4. The molecule has 1 aromatic rings. The van der Waals surface area contributed by atoms with Crippen LogP contribution in [0.3, 0.4) is 0 Å². The van der Waals surface area contributed by atoms with Gasteiger partial charge in [-0.3, -0.25) is 11.3 Å². The smallest absolute Gasteiger partial charge is 0.0460 e. The summed E-state index contributed by atoms with van der Waals surface area (Å²) in [5, 5.41) is 0. The maximum Gasteiger partial charge on any atom is 0.0460 e. The van der Waals surface area contributed by atoms with Gasteiger partial charge in [0.05, 0.1) is 0 Å². The molecule has 0 spiro atoms. The summed E-state index contributed by atoms with van der Waals surface area (Å²) in [5.41, 5.74) is 4.54. The summed E-state index contributed by atoms with van der Waals surface area (Å²) in [4.78, 5) is 0. The molecule has 3 N–H and O–H groups in total. The largest absolute Gasteiger partial charge is 0.271 e. The van der Waals surface area contributed by atoms with E-state index < -0.39 is 0 Å². The third-order valence-electron chi connectivity index (χ3n) is 2.66. The Labute approximate surface area is 112 Å². The van der Waals surface area contributed by atoms with Gasteiger partial charge in [0.15, 0.2) is 0 Å². The lowest BCUT2D eigenvalue weighted by atomic mass is 9.87. The molecule has 0 aromatic heterocycles. The molecule has 16 heavy (non-hydrogen) atoms. The Morgan fingerprint density at radius 2 is 1.81 bits per heavy atom. The number of nitrogens with one attached hydrogen (secondary N) is 1. The van der Waals surface area contributed by atoms with Gasteiger partial charge in [-0.15, -0.1) is 0 Å². The maximum atomic E-state index is 5.62. The van der Waals surface area contributed by atoms with Crippen LogP contribution in [0.2, 0.25) is 0 Å². The maximum absolute atomic E-state index is 5.62. The van der Waals surface area contributed by atoms with Crippen LogP contribution in [-0.2, 0) is 0 Å². The number of nitrogens with two attached hydrogens (primary N) is 1. The molecule has 0 saturated carbocycles. The molecule has 0 aliphatic heterocycles. The highest BCUT2D eigenvalue weighted by molar-refractivity contribution is 14.1. The molecule has 0 amide bonds. The van der Waals surface area contributed by atoms with Gasteiger partial charge in [0.25, 0.3) is 0 Å². The molecule has 0 saturated heterocycles. The Morgan fingerprint density at radius 3 is 2.25 bits per heavy atom. The van der Waals surface area contributed by atoms with E-state index in [1.807, 2.05) is 0 Å². The summed E-state index contributed by atoms with van der Waals surface area (Å²) in [7, 11) is 0. The summed E-state index contributed by atoms with van der Waals surface area (Å²) in [6.45, 7) is 6.78. The number of benzene rings is 1. The second kappa shape index (κ2) is 5.98. The number of halogens is 1. The van der Waals surface area contributed by atoms with Gasteiger partial charge in [-0.05, 0) is 58.5 Å². The molecule has 0 heterocycles. The molecule has 1 atom stereocenters. The summed E-state index contributed by atoms with van der Waals surface area (Å²) < 4.78 is 1.26. The van der Waals surface area contributed by atoms with Crippen molar-refractivity contribution in [2.75, 3.05) is 0 Å². The number of hydrazine groups is 1. The molecule has 1 rings (SSSR count). The summed E-state index contributed by atoms with van der Waals surface area (Å²) in [6, 6.07) is 8.80. The van der Waals surface area contributed by atoms with E-state index in [0.717, 1.165) is 12.8 Å². The first-order valence-electron chi connectivity index (χ1n) is 5.64. The average Bonchev–Trinajstić information content (AvgIpc) is 2.20. The van der Waals surface area contributed by atoms with E-state index >= 15 is 0 Å². The lowest BCUT2D eigenvalue weighted by molar-refractivity contribution is 0.333. The number of rotatable bonds is 4. The highest BCUT2D eigenvalue weighted by Gasteiger charge is 2.15. The van der Waals surface area contributed by atoms with Crippen molar-refractivity contribution >= 4 is 22.6 Å². The fourth-order valence-electron chi connectivity index (χ4n) is 1.62. The summed E-state index contributed by atoms with van der Waals surface area (Å²) in [6.07, 6.45) is 2.23. The fraction of sp³-hybridized carbons (Fsp3) is 0.538. The normalized spacial score (nSPS) is 13.8. The van der Waals surface area contributed by atoms with Gasteiger partial charge in [-0.25, -0.2) is 0 Å². The Morgan fingerprint density at radius 1 is 1.25 bits per heavy atom. The van der Waals surface area contributed by atoms with Gasteiger partial charge in [-0.2, -0.15) is 0 Å². The standard InChI is InChI=1S/C13H21IN2/c1-13(2,3)9-8-12(16-15)10-4-6-11(14)7-5-10/h4-7,12,16H,8-9,15H2,1-3H3. The third kappa shape index (κ3) is 4.80. The van der Waals surface area contributed by atoms with Gasteiger partial charge in [0.1, 0.15) is 0 Å². The van der Waals surface area contributed by atoms with E-state index in [1.165, 1.54) is 9.13 Å². The van der Waals surface area contributed by atoms with Gasteiger partial charge >= 0.3 is 0 Å². The number of hydrogen-bond acceptors (Lipinski definition) is 2. The highest BCUT2D eigenvalue weighted by Crippen LogP contribution is 2.27. The quantitative estimate of drug-likeness (QED) is 0.502. The van der Waals surface area contributed by atoms with Crippen molar-refractivity contribution in [3.05, 3.63) is 33.4 Å². The molecule has 0 aliphatic rings. The van der Waals surface area contributed by atoms with E-state index in [-0.39, 0.29) is 6.04 Å². The molecule has 1 aromatic carbocycles. The van der Waals surface area contributed by atoms with E-state index in [9.17, 15) is 0 Å². The van der Waals surface area contributed by atoms with Crippen molar-refractivity contribution in [1.82, 2.24) is 5.43 Å². The van der Waals surface area contributed by atoms with Crippen molar-refractivity contribution in [1.29, 1.82) is 0 Å². The predicted octanol–water partition coefficient (Wildman–Crippen LogP) is 3.62. The SMILES string of the molecule is CC(C)(C)CCC(NN)c1ccc(I)cc1. The van der Waals surface area contributed by atoms with Crippen LogP contribution in [-0.4, -0.2) is 0 Å². The molecule has 0 aliphatic carbocycles. The van der Waals surface area contributed by atoms with Crippen LogP contribution in [0.4, 0.5) is 0 Å². The van der Waals surface area contributed by atoms with Crippen LogP contribution in [0.5, 0.6) is 0 Å². The average molecular weight is 332 g/mol. The molecule has 1 unspecified atom stereocenters. The zero-order chi connectivity index (χ0) is 12.2. The molecular weight excluding hydrogens is 311 g/mol. The van der Waals surface area contributed by atoms with E-state index in [1.54, 1.807) is 0 Å². The van der Waals surface area contributed by atoms with Crippen molar-refractivity contribution in [2.45, 2.75) is 39.7 Å². The molecule has 2 nitrogen and oxygen atoms in total. The van der Waals surface area contributed by atoms with Gasteiger partial charge in [0.2, 0.25) is 0 Å². The third-order valence-corrected chi connectivity index (χ3v) is 3.38. The Hall–Kier alpha value is -0.130. The minimum atomic E-state index is 0.260. The van der Waals surface area contributed by atoms with E-state index in [2.05, 4.69) is 73.1 Å². The monoisotopic (exact) mass is 332 g/mol. The van der Waals surface area contributed by atoms with Crippen molar-refractivity contribution in [3.8, 4) is 0 Å². The Bertz CT molecular complexity index is 314. The first-order chi connectivity index (χ1) is 7.42. The van der Waals surface area contributed by atoms with Crippen LogP contribution in [0.25, 0.3) is 0 Å². The summed E-state index contributed by atoms with van der Waals surface area (Å²) >= 11 is 2.31. The predicted molar refractivity (Wildman–Crippen MR) is 77.9 cm³/mol.